The largest absolute Gasteiger partial charge is 0.466 e. The Bertz CT molecular complexity index is 780. The summed E-state index contributed by atoms with van der Waals surface area (Å²) < 4.78 is 5.17. The first-order chi connectivity index (χ1) is 15.9. The van der Waals surface area contributed by atoms with Gasteiger partial charge in [0.1, 0.15) is 5.60 Å². The number of fused-ring (bicyclic) bond motifs is 5. The molecule has 4 fully saturated rings. The van der Waals surface area contributed by atoms with E-state index in [-0.39, 0.29) is 23.6 Å². The van der Waals surface area contributed by atoms with Gasteiger partial charge in [-0.2, -0.15) is 0 Å². The molecule has 5 heteroatoms. The Kier molecular flexibility index (Phi) is 7.30. The number of rotatable bonds is 7. The summed E-state index contributed by atoms with van der Waals surface area (Å²) in [4.78, 5) is 24.4. The SMILES string of the molecule is CC(=O)OC[C@H](C)CCC[C@@H](C)[C@H]1CC[C@H]2[C@@H]3CC(=O)[C@@]4(O)C[C@@H](O)CC[C@]4(C)[C@H]3CC[C@]12C. The second-order valence-corrected chi connectivity index (χ2v) is 13.2. The molecule has 5 nitrogen and oxygen atoms in total. The average Bonchev–Trinajstić information content (AvgIpc) is 3.12. The van der Waals surface area contributed by atoms with E-state index in [2.05, 4.69) is 27.7 Å². The predicted octanol–water partition coefficient (Wildman–Crippen LogP) is 5.31. The molecule has 0 aliphatic heterocycles. The highest BCUT2D eigenvalue weighted by atomic mass is 16.5. The topological polar surface area (TPSA) is 83.8 Å². The molecule has 0 saturated heterocycles. The zero-order chi connectivity index (χ0) is 24.9. The fourth-order valence-corrected chi connectivity index (χ4v) is 9.33. The summed E-state index contributed by atoms with van der Waals surface area (Å²) in [5, 5.41) is 21.8. The monoisotopic (exact) mass is 476 g/mol. The van der Waals surface area contributed by atoms with Crippen LogP contribution in [0.5, 0.6) is 0 Å². The van der Waals surface area contributed by atoms with Gasteiger partial charge in [-0.15, -0.1) is 0 Å². The lowest BCUT2D eigenvalue weighted by Gasteiger charge is -2.63. The van der Waals surface area contributed by atoms with Crippen LogP contribution in [0, 0.1) is 46.3 Å². The van der Waals surface area contributed by atoms with Crippen LogP contribution in [-0.4, -0.2) is 40.3 Å². The summed E-state index contributed by atoms with van der Waals surface area (Å²) in [6, 6.07) is 0. The molecule has 0 spiro atoms. The Morgan fingerprint density at radius 1 is 1.09 bits per heavy atom. The number of hydrogen-bond donors (Lipinski definition) is 2. The summed E-state index contributed by atoms with van der Waals surface area (Å²) in [5.74, 6) is 2.89. The van der Waals surface area contributed by atoms with Crippen molar-refractivity contribution in [2.45, 2.75) is 117 Å². The molecule has 0 aromatic carbocycles. The van der Waals surface area contributed by atoms with Gasteiger partial charge in [0.25, 0.3) is 0 Å². The third kappa shape index (κ3) is 4.27. The van der Waals surface area contributed by atoms with Crippen molar-refractivity contribution in [1.82, 2.24) is 0 Å². The van der Waals surface area contributed by atoms with Gasteiger partial charge in [-0.3, -0.25) is 9.59 Å². The van der Waals surface area contributed by atoms with Gasteiger partial charge in [0.2, 0.25) is 0 Å². The van der Waals surface area contributed by atoms with E-state index in [1.54, 1.807) is 0 Å². The van der Waals surface area contributed by atoms with Gasteiger partial charge < -0.3 is 14.9 Å². The van der Waals surface area contributed by atoms with Crippen molar-refractivity contribution >= 4 is 11.8 Å². The molecule has 0 bridgehead atoms. The predicted molar refractivity (Wildman–Crippen MR) is 132 cm³/mol. The molecule has 4 rings (SSSR count). The lowest BCUT2D eigenvalue weighted by molar-refractivity contribution is -0.213. The summed E-state index contributed by atoms with van der Waals surface area (Å²) in [6.07, 6.45) is 9.84. The number of Topliss-reactive ketones (excluding diaryl/α,β-unsaturated/α-hetero) is 1. The smallest absolute Gasteiger partial charge is 0.302 e. The number of carbonyl (C=O) groups excluding carboxylic acids is 2. The van der Waals surface area contributed by atoms with Crippen LogP contribution in [-0.2, 0) is 14.3 Å². The van der Waals surface area contributed by atoms with Gasteiger partial charge >= 0.3 is 5.97 Å². The Labute approximate surface area is 206 Å². The van der Waals surface area contributed by atoms with E-state index in [9.17, 15) is 19.8 Å². The van der Waals surface area contributed by atoms with Gasteiger partial charge in [0.05, 0.1) is 12.7 Å². The zero-order valence-corrected chi connectivity index (χ0v) is 22.1. The Morgan fingerprint density at radius 3 is 2.53 bits per heavy atom. The third-order valence-corrected chi connectivity index (χ3v) is 11.3. The fraction of sp³-hybridized carbons (Fsp3) is 0.931. The van der Waals surface area contributed by atoms with Crippen LogP contribution in [0.1, 0.15) is 105 Å². The van der Waals surface area contributed by atoms with E-state index in [1.807, 2.05) is 0 Å². The molecule has 194 valence electrons. The highest BCUT2D eigenvalue weighted by Crippen LogP contribution is 2.68. The molecule has 0 amide bonds. The third-order valence-electron chi connectivity index (χ3n) is 11.3. The highest BCUT2D eigenvalue weighted by Gasteiger charge is 2.67. The maximum absolute atomic E-state index is 13.4. The molecule has 4 aliphatic rings. The minimum atomic E-state index is -1.34. The van der Waals surface area contributed by atoms with Gasteiger partial charge in [0, 0.05) is 25.2 Å². The lowest BCUT2D eigenvalue weighted by atomic mass is 9.42. The van der Waals surface area contributed by atoms with Crippen LogP contribution in [0.25, 0.3) is 0 Å². The minimum absolute atomic E-state index is 0.00230. The average molecular weight is 477 g/mol. The molecule has 0 heterocycles. The molecule has 4 aliphatic carbocycles. The molecule has 0 unspecified atom stereocenters. The van der Waals surface area contributed by atoms with E-state index < -0.39 is 17.1 Å². The first kappa shape index (κ1) is 26.1. The van der Waals surface area contributed by atoms with Gasteiger partial charge in [-0.1, -0.05) is 40.5 Å². The Morgan fingerprint density at radius 2 is 1.82 bits per heavy atom. The number of hydrogen-bond acceptors (Lipinski definition) is 5. The van der Waals surface area contributed by atoms with E-state index in [0.717, 1.165) is 19.3 Å². The first-order valence-corrected chi connectivity index (χ1v) is 14.0. The van der Waals surface area contributed by atoms with Gasteiger partial charge in [-0.25, -0.2) is 0 Å². The maximum Gasteiger partial charge on any atom is 0.302 e. The van der Waals surface area contributed by atoms with E-state index in [4.69, 9.17) is 4.74 Å². The summed E-state index contributed by atoms with van der Waals surface area (Å²) in [6.45, 7) is 11.2. The van der Waals surface area contributed by atoms with E-state index in [0.29, 0.717) is 55.0 Å². The number of esters is 1. The second kappa shape index (κ2) is 9.50. The summed E-state index contributed by atoms with van der Waals surface area (Å²) in [5.41, 5.74) is -1.45. The van der Waals surface area contributed by atoms with E-state index >= 15 is 0 Å². The highest BCUT2D eigenvalue weighted by molar-refractivity contribution is 5.89. The van der Waals surface area contributed by atoms with Gasteiger partial charge in [-0.05, 0) is 85.9 Å². The van der Waals surface area contributed by atoms with Crippen molar-refractivity contribution in [1.29, 1.82) is 0 Å². The minimum Gasteiger partial charge on any atom is -0.466 e. The van der Waals surface area contributed by atoms with Crippen LogP contribution in [0.2, 0.25) is 0 Å². The number of ketones is 1. The van der Waals surface area contributed by atoms with Crippen molar-refractivity contribution in [3.63, 3.8) is 0 Å². The quantitative estimate of drug-likeness (QED) is 0.487. The van der Waals surface area contributed by atoms with Crippen molar-refractivity contribution in [3.8, 4) is 0 Å². The second-order valence-electron chi connectivity index (χ2n) is 13.2. The Balaban J connectivity index is 1.41. The van der Waals surface area contributed by atoms with Crippen LogP contribution in [0.3, 0.4) is 0 Å². The number of aliphatic hydroxyl groups is 2. The number of ether oxygens (including phenoxy) is 1. The van der Waals surface area contributed by atoms with Crippen molar-refractivity contribution in [3.05, 3.63) is 0 Å². The molecular weight excluding hydrogens is 428 g/mol. The molecular formula is C29H48O5. The maximum atomic E-state index is 13.4. The molecule has 0 aromatic rings. The van der Waals surface area contributed by atoms with Crippen molar-refractivity contribution in [2.24, 2.45) is 46.3 Å². The molecule has 34 heavy (non-hydrogen) atoms. The van der Waals surface area contributed by atoms with Crippen molar-refractivity contribution < 1.29 is 24.5 Å². The lowest BCUT2D eigenvalue weighted by Crippen LogP contribution is -2.67. The molecule has 4 saturated carbocycles. The number of aliphatic hydroxyl groups excluding tert-OH is 1. The standard InChI is InChI=1S/C29H48O5/c1-18(17-34-20(3)30)7-6-8-19(2)23-9-10-24-22-15-26(32)29(33)16-21(31)11-14-28(29,5)25(22)12-13-27(23,24)4/h18-19,21-25,31,33H,6-17H2,1-5H3/t18-,19-,21+,22+,23-,24+,25+,27-,28-,29+/m1/s1. The Hall–Kier alpha value is -0.940. The van der Waals surface area contributed by atoms with Crippen LogP contribution >= 0.6 is 0 Å². The molecule has 0 radical (unpaired) electrons. The van der Waals surface area contributed by atoms with Crippen LogP contribution in [0.4, 0.5) is 0 Å². The molecule has 10 atom stereocenters. The zero-order valence-electron chi connectivity index (χ0n) is 22.1. The molecule has 0 aromatic heterocycles. The van der Waals surface area contributed by atoms with Crippen LogP contribution in [0.15, 0.2) is 0 Å². The summed E-state index contributed by atoms with van der Waals surface area (Å²) in [7, 11) is 0. The first-order valence-electron chi connectivity index (χ1n) is 14.0. The van der Waals surface area contributed by atoms with Gasteiger partial charge in [0.15, 0.2) is 5.78 Å². The molecule has 2 N–H and O–H groups in total. The van der Waals surface area contributed by atoms with Crippen molar-refractivity contribution in [2.75, 3.05) is 6.61 Å². The van der Waals surface area contributed by atoms with E-state index in [1.165, 1.54) is 39.0 Å². The summed E-state index contributed by atoms with van der Waals surface area (Å²) >= 11 is 0. The normalized spacial score (nSPS) is 45.6. The number of carbonyl (C=O) groups is 2. The van der Waals surface area contributed by atoms with Crippen LogP contribution < -0.4 is 0 Å². The fourth-order valence-electron chi connectivity index (χ4n) is 9.33.